The van der Waals surface area contributed by atoms with Gasteiger partial charge >= 0.3 is 0 Å². The molecule has 4 nitrogen and oxygen atoms in total. The van der Waals surface area contributed by atoms with Crippen LogP contribution in [0.4, 0.5) is 0 Å². The highest BCUT2D eigenvalue weighted by Gasteiger charge is 2.41. The maximum absolute atomic E-state index is 6.11. The molecule has 1 aromatic carbocycles. The van der Waals surface area contributed by atoms with E-state index in [1.54, 1.807) is 7.11 Å². The molecular weight excluding hydrogens is 254 g/mol. The van der Waals surface area contributed by atoms with Crippen LogP contribution in [0.25, 0.3) is 0 Å². The van der Waals surface area contributed by atoms with Crippen molar-refractivity contribution in [3.05, 3.63) is 29.8 Å². The van der Waals surface area contributed by atoms with Gasteiger partial charge in [0.25, 0.3) is 0 Å². The first kappa shape index (κ1) is 15.3. The van der Waals surface area contributed by atoms with Crippen molar-refractivity contribution in [1.29, 1.82) is 0 Å². The van der Waals surface area contributed by atoms with Crippen molar-refractivity contribution in [3.8, 4) is 5.75 Å². The normalized spacial score (nSPS) is 25.6. The van der Waals surface area contributed by atoms with Crippen LogP contribution in [0.5, 0.6) is 5.75 Å². The van der Waals surface area contributed by atoms with Crippen molar-refractivity contribution in [3.63, 3.8) is 0 Å². The highest BCUT2D eigenvalue weighted by Crippen LogP contribution is 2.32. The summed E-state index contributed by atoms with van der Waals surface area (Å²) in [7, 11) is 1.66. The number of nitrogens with two attached hydrogens (primary N) is 1. The van der Waals surface area contributed by atoms with Crippen molar-refractivity contribution in [2.75, 3.05) is 20.3 Å². The molecule has 3 atom stereocenters. The monoisotopic (exact) mass is 279 g/mol. The van der Waals surface area contributed by atoms with Gasteiger partial charge in [-0.15, -0.1) is 0 Å². The van der Waals surface area contributed by atoms with Gasteiger partial charge in [0.2, 0.25) is 0 Å². The topological polar surface area (TPSA) is 53.7 Å². The summed E-state index contributed by atoms with van der Waals surface area (Å²) in [6.45, 7) is 5.47. The maximum atomic E-state index is 6.11. The number of methoxy groups -OCH3 is 1. The fraction of sp³-hybridized carbons (Fsp3) is 0.625. The molecule has 0 radical (unpaired) electrons. The number of hydrogen-bond donors (Lipinski definition) is 1. The average Bonchev–Trinajstić information content (AvgIpc) is 2.43. The Kier molecular flexibility index (Phi) is 5.40. The number of hydrogen-bond acceptors (Lipinski definition) is 4. The molecule has 0 saturated heterocycles. The van der Waals surface area contributed by atoms with Gasteiger partial charge in [-0.05, 0) is 17.5 Å². The van der Waals surface area contributed by atoms with Crippen LogP contribution >= 0.6 is 0 Å². The summed E-state index contributed by atoms with van der Waals surface area (Å²) in [5.74, 6) is 1.38. The van der Waals surface area contributed by atoms with Crippen LogP contribution < -0.4 is 10.5 Å². The molecule has 0 amide bonds. The molecule has 20 heavy (non-hydrogen) atoms. The molecule has 0 aromatic heterocycles. The summed E-state index contributed by atoms with van der Waals surface area (Å²) >= 11 is 0. The van der Waals surface area contributed by atoms with Crippen molar-refractivity contribution in [2.45, 2.75) is 44.4 Å². The van der Waals surface area contributed by atoms with E-state index in [1.165, 1.54) is 5.56 Å². The average molecular weight is 279 g/mol. The Labute approximate surface area is 121 Å². The first-order chi connectivity index (χ1) is 9.63. The van der Waals surface area contributed by atoms with E-state index >= 15 is 0 Å². The van der Waals surface area contributed by atoms with Gasteiger partial charge in [-0.2, -0.15) is 0 Å². The zero-order chi connectivity index (χ0) is 14.5. The Morgan fingerprint density at radius 1 is 1.25 bits per heavy atom. The number of benzene rings is 1. The van der Waals surface area contributed by atoms with E-state index in [2.05, 4.69) is 19.9 Å². The van der Waals surface area contributed by atoms with E-state index in [1.807, 2.05) is 18.2 Å². The second kappa shape index (κ2) is 7.07. The molecule has 2 N–H and O–H groups in total. The predicted molar refractivity (Wildman–Crippen MR) is 79.2 cm³/mol. The molecule has 1 aliphatic carbocycles. The second-order valence-corrected chi connectivity index (χ2v) is 5.58. The Bertz CT molecular complexity index is 422. The van der Waals surface area contributed by atoms with E-state index in [4.69, 9.17) is 19.9 Å². The number of ether oxygens (including phenoxy) is 3. The third-order valence-corrected chi connectivity index (χ3v) is 3.71. The molecule has 112 valence electrons. The zero-order valence-electron chi connectivity index (χ0n) is 12.5. The van der Waals surface area contributed by atoms with Gasteiger partial charge in [0, 0.05) is 19.6 Å². The quantitative estimate of drug-likeness (QED) is 0.778. The molecule has 4 heteroatoms. The maximum Gasteiger partial charge on any atom is 0.128 e. The lowest BCUT2D eigenvalue weighted by molar-refractivity contribution is -0.107. The minimum absolute atomic E-state index is 0.0367. The molecule has 1 fully saturated rings. The molecule has 3 unspecified atom stereocenters. The minimum atomic E-state index is -0.0367. The Hall–Kier alpha value is -1.10. The van der Waals surface area contributed by atoms with E-state index in [-0.39, 0.29) is 18.2 Å². The molecule has 0 bridgehead atoms. The smallest absolute Gasteiger partial charge is 0.128 e. The lowest BCUT2D eigenvalue weighted by atomic mass is 9.86. The molecule has 1 saturated carbocycles. The van der Waals surface area contributed by atoms with Gasteiger partial charge in [0.15, 0.2) is 0 Å². The summed E-state index contributed by atoms with van der Waals surface area (Å²) in [5, 5.41) is 0. The van der Waals surface area contributed by atoms with Crippen LogP contribution in [-0.4, -0.2) is 38.6 Å². The fourth-order valence-electron chi connectivity index (χ4n) is 2.46. The summed E-state index contributed by atoms with van der Waals surface area (Å²) in [5.41, 5.74) is 7.23. The van der Waals surface area contributed by atoms with Crippen molar-refractivity contribution < 1.29 is 14.2 Å². The molecule has 0 aliphatic heterocycles. The van der Waals surface area contributed by atoms with Gasteiger partial charge in [0.05, 0.1) is 13.2 Å². The summed E-state index contributed by atoms with van der Waals surface area (Å²) in [4.78, 5) is 0. The molecular formula is C16H25NO3. The van der Waals surface area contributed by atoms with E-state index in [0.29, 0.717) is 19.1 Å². The number of rotatable bonds is 7. The Morgan fingerprint density at radius 2 is 2.00 bits per heavy atom. The summed E-state index contributed by atoms with van der Waals surface area (Å²) in [6, 6.07) is 8.23. The van der Waals surface area contributed by atoms with E-state index in [0.717, 1.165) is 12.2 Å². The first-order valence-electron chi connectivity index (χ1n) is 7.25. The lowest BCUT2D eigenvalue weighted by Gasteiger charge is -2.42. The standard InChI is InChI=1S/C16H25NO3/c1-11(2)12-6-4-5-7-14(12)20-15-10-13(17)16(15)19-9-8-18-3/h4-7,11,13,15-16H,8-10,17H2,1-3H3. The largest absolute Gasteiger partial charge is 0.487 e. The van der Waals surface area contributed by atoms with Gasteiger partial charge in [0.1, 0.15) is 18.0 Å². The molecule has 1 aromatic rings. The predicted octanol–water partition coefficient (Wildman–Crippen LogP) is 2.32. The SMILES string of the molecule is COCCOC1C(N)CC1Oc1ccccc1C(C)C. The van der Waals surface area contributed by atoms with Crippen LogP contribution in [0.3, 0.4) is 0 Å². The second-order valence-electron chi connectivity index (χ2n) is 5.58. The molecule has 1 aliphatic rings. The van der Waals surface area contributed by atoms with Gasteiger partial charge < -0.3 is 19.9 Å². The van der Waals surface area contributed by atoms with Crippen LogP contribution in [0, 0.1) is 0 Å². The first-order valence-corrected chi connectivity index (χ1v) is 7.25. The lowest BCUT2D eigenvalue weighted by Crippen LogP contribution is -2.59. The summed E-state index contributed by atoms with van der Waals surface area (Å²) in [6.07, 6.45) is 0.844. The van der Waals surface area contributed by atoms with Crippen LogP contribution in [0.1, 0.15) is 31.7 Å². The molecule has 0 heterocycles. The van der Waals surface area contributed by atoms with Crippen LogP contribution in [0.15, 0.2) is 24.3 Å². The van der Waals surface area contributed by atoms with Crippen molar-refractivity contribution in [2.24, 2.45) is 5.73 Å². The van der Waals surface area contributed by atoms with Gasteiger partial charge in [-0.25, -0.2) is 0 Å². The van der Waals surface area contributed by atoms with Crippen molar-refractivity contribution >= 4 is 0 Å². The highest BCUT2D eigenvalue weighted by atomic mass is 16.6. The van der Waals surface area contributed by atoms with Gasteiger partial charge in [-0.3, -0.25) is 0 Å². The fourth-order valence-corrected chi connectivity index (χ4v) is 2.46. The van der Waals surface area contributed by atoms with Crippen LogP contribution in [0.2, 0.25) is 0 Å². The van der Waals surface area contributed by atoms with E-state index < -0.39 is 0 Å². The van der Waals surface area contributed by atoms with Gasteiger partial charge in [-0.1, -0.05) is 32.0 Å². The number of para-hydroxylation sites is 1. The third kappa shape index (κ3) is 3.51. The molecule has 2 rings (SSSR count). The zero-order valence-corrected chi connectivity index (χ0v) is 12.5. The molecule has 0 spiro atoms. The Morgan fingerprint density at radius 3 is 2.65 bits per heavy atom. The van der Waals surface area contributed by atoms with E-state index in [9.17, 15) is 0 Å². The minimum Gasteiger partial charge on any atom is -0.487 e. The Balaban J connectivity index is 1.96. The highest BCUT2D eigenvalue weighted by molar-refractivity contribution is 5.36. The summed E-state index contributed by atoms with van der Waals surface area (Å²) < 4.78 is 16.8. The van der Waals surface area contributed by atoms with Crippen molar-refractivity contribution in [1.82, 2.24) is 0 Å². The van der Waals surface area contributed by atoms with Crippen LogP contribution in [-0.2, 0) is 9.47 Å². The third-order valence-electron chi connectivity index (χ3n) is 3.71.